The summed E-state index contributed by atoms with van der Waals surface area (Å²) in [6.45, 7) is 2.70. The van der Waals surface area contributed by atoms with E-state index in [1.165, 1.54) is 12.8 Å². The van der Waals surface area contributed by atoms with Crippen molar-refractivity contribution in [3.63, 3.8) is 0 Å². The van der Waals surface area contributed by atoms with Crippen LogP contribution in [0.3, 0.4) is 0 Å². The quantitative estimate of drug-likeness (QED) is 0.801. The second kappa shape index (κ2) is 5.45. The van der Waals surface area contributed by atoms with Crippen molar-refractivity contribution in [1.82, 2.24) is 10.6 Å². The number of hydrogen-bond acceptors (Lipinski definition) is 4. The molecule has 2 heterocycles. The second-order valence-corrected chi connectivity index (χ2v) is 5.39. The molecule has 2 fully saturated rings. The van der Waals surface area contributed by atoms with E-state index in [-0.39, 0.29) is 23.9 Å². The van der Waals surface area contributed by atoms with Gasteiger partial charge >= 0.3 is 0 Å². The lowest BCUT2D eigenvalue weighted by Gasteiger charge is -2.30. The van der Waals surface area contributed by atoms with Gasteiger partial charge in [-0.25, -0.2) is 0 Å². The van der Waals surface area contributed by atoms with Crippen molar-refractivity contribution in [3.8, 4) is 0 Å². The lowest BCUT2D eigenvalue weighted by molar-refractivity contribution is -0.115. The van der Waals surface area contributed by atoms with Crippen molar-refractivity contribution < 1.29 is 9.63 Å². The number of carbonyl (C=O) groups excluding carboxylic acids is 1. The molecule has 0 aromatic rings. The van der Waals surface area contributed by atoms with Crippen LogP contribution in [0.4, 0.5) is 0 Å². The van der Waals surface area contributed by atoms with Crippen LogP contribution in [-0.2, 0) is 9.63 Å². The first-order chi connectivity index (χ1) is 8.27. The van der Waals surface area contributed by atoms with Crippen molar-refractivity contribution in [3.05, 3.63) is 0 Å². The summed E-state index contributed by atoms with van der Waals surface area (Å²) in [7, 11) is 0. The smallest absolute Gasteiger partial charge is 0.269 e. The van der Waals surface area contributed by atoms with Crippen LogP contribution in [-0.4, -0.2) is 36.9 Å². The molecule has 2 N–H and O–H groups in total. The summed E-state index contributed by atoms with van der Waals surface area (Å²) in [6.07, 6.45) is 5.05. The topological polar surface area (TPSA) is 62.7 Å². The van der Waals surface area contributed by atoms with Gasteiger partial charge in [0.1, 0.15) is 11.3 Å². The standard InChI is InChI=1S/C12H19N3O2.ClH/c16-11(14-8-9-1-2-9)10-7-12(17-15-10)3-5-13-6-4-12;/h9,13H,1-8H2,(H,14,16);1H. The lowest BCUT2D eigenvalue weighted by atomic mass is 9.87. The molecule has 6 heteroatoms. The molecule has 1 saturated carbocycles. The van der Waals surface area contributed by atoms with Gasteiger partial charge in [-0.15, -0.1) is 12.4 Å². The first-order valence-corrected chi connectivity index (χ1v) is 6.51. The van der Waals surface area contributed by atoms with E-state index in [0.717, 1.165) is 32.5 Å². The highest BCUT2D eigenvalue weighted by molar-refractivity contribution is 6.39. The van der Waals surface area contributed by atoms with Crippen LogP contribution in [0.15, 0.2) is 5.16 Å². The number of hydrogen-bond donors (Lipinski definition) is 2. The van der Waals surface area contributed by atoms with E-state index in [1.54, 1.807) is 0 Å². The van der Waals surface area contributed by atoms with Crippen LogP contribution in [0.25, 0.3) is 0 Å². The minimum absolute atomic E-state index is 0. The van der Waals surface area contributed by atoms with Gasteiger partial charge in [0.2, 0.25) is 0 Å². The molecule has 0 aromatic heterocycles. The van der Waals surface area contributed by atoms with Gasteiger partial charge in [0.25, 0.3) is 5.91 Å². The van der Waals surface area contributed by atoms with Crippen molar-refractivity contribution in [1.29, 1.82) is 0 Å². The summed E-state index contributed by atoms with van der Waals surface area (Å²) in [5.74, 6) is 0.669. The van der Waals surface area contributed by atoms with E-state index in [1.807, 2.05) is 0 Å². The fourth-order valence-electron chi connectivity index (χ4n) is 2.45. The van der Waals surface area contributed by atoms with E-state index >= 15 is 0 Å². The average molecular weight is 274 g/mol. The predicted molar refractivity (Wildman–Crippen MR) is 71.0 cm³/mol. The third-order valence-electron chi connectivity index (χ3n) is 3.86. The summed E-state index contributed by atoms with van der Waals surface area (Å²) in [5.41, 5.74) is 0.380. The number of nitrogens with zero attached hydrogens (tertiary/aromatic N) is 1. The van der Waals surface area contributed by atoms with Crippen molar-refractivity contribution in [2.75, 3.05) is 19.6 Å². The Bertz CT molecular complexity index is 349. The Labute approximate surface area is 113 Å². The number of nitrogens with one attached hydrogen (secondary N) is 2. The first-order valence-electron chi connectivity index (χ1n) is 6.51. The Balaban J connectivity index is 0.00000120. The van der Waals surface area contributed by atoms with Crippen LogP contribution >= 0.6 is 12.4 Å². The second-order valence-electron chi connectivity index (χ2n) is 5.39. The van der Waals surface area contributed by atoms with E-state index in [0.29, 0.717) is 18.1 Å². The molecule has 2 aliphatic heterocycles. The van der Waals surface area contributed by atoms with Crippen LogP contribution in [0, 0.1) is 5.92 Å². The van der Waals surface area contributed by atoms with Gasteiger partial charge in [-0.1, -0.05) is 5.16 Å². The Morgan fingerprint density at radius 3 is 2.83 bits per heavy atom. The average Bonchev–Trinajstić information content (AvgIpc) is 3.10. The third-order valence-corrected chi connectivity index (χ3v) is 3.86. The molecule has 1 amide bonds. The van der Waals surface area contributed by atoms with Crippen LogP contribution in [0.5, 0.6) is 0 Å². The van der Waals surface area contributed by atoms with Gasteiger partial charge in [-0.2, -0.15) is 0 Å². The van der Waals surface area contributed by atoms with Gasteiger partial charge in [0.05, 0.1) is 0 Å². The summed E-state index contributed by atoms with van der Waals surface area (Å²) < 4.78 is 0. The zero-order valence-corrected chi connectivity index (χ0v) is 11.2. The normalized spacial score (nSPS) is 25.0. The molecule has 0 atom stereocenters. The molecule has 3 aliphatic rings. The monoisotopic (exact) mass is 273 g/mol. The van der Waals surface area contributed by atoms with Crippen molar-refractivity contribution in [2.24, 2.45) is 11.1 Å². The third kappa shape index (κ3) is 2.95. The maximum absolute atomic E-state index is 11.9. The highest BCUT2D eigenvalue weighted by Crippen LogP contribution is 2.32. The van der Waals surface area contributed by atoms with Gasteiger partial charge in [-0.3, -0.25) is 4.79 Å². The predicted octanol–water partition coefficient (Wildman–Crippen LogP) is 0.833. The summed E-state index contributed by atoms with van der Waals surface area (Å²) in [5, 5.41) is 10.2. The molecule has 0 radical (unpaired) electrons. The van der Waals surface area contributed by atoms with Crippen LogP contribution in [0.2, 0.25) is 0 Å². The molecular weight excluding hydrogens is 254 g/mol. The van der Waals surface area contributed by atoms with Crippen molar-refractivity contribution >= 4 is 24.0 Å². The molecule has 5 nitrogen and oxygen atoms in total. The molecule has 3 rings (SSSR count). The molecule has 18 heavy (non-hydrogen) atoms. The summed E-state index contributed by atoms with van der Waals surface area (Å²) in [6, 6.07) is 0. The van der Waals surface area contributed by atoms with Crippen molar-refractivity contribution in [2.45, 2.75) is 37.7 Å². The summed E-state index contributed by atoms with van der Waals surface area (Å²) in [4.78, 5) is 17.4. The molecule has 1 saturated heterocycles. The van der Waals surface area contributed by atoms with Gasteiger partial charge in [0, 0.05) is 25.8 Å². The largest absolute Gasteiger partial charge is 0.388 e. The molecule has 0 bridgehead atoms. The van der Waals surface area contributed by atoms with E-state index < -0.39 is 0 Å². The summed E-state index contributed by atoms with van der Waals surface area (Å²) >= 11 is 0. The minimum Gasteiger partial charge on any atom is -0.388 e. The number of amides is 1. The maximum Gasteiger partial charge on any atom is 0.269 e. The first kappa shape index (κ1) is 13.6. The zero-order chi connectivity index (χ0) is 11.7. The molecule has 102 valence electrons. The maximum atomic E-state index is 11.9. The van der Waals surface area contributed by atoms with Gasteiger partial charge in [0.15, 0.2) is 0 Å². The van der Waals surface area contributed by atoms with E-state index in [9.17, 15) is 4.79 Å². The lowest BCUT2D eigenvalue weighted by Crippen LogP contribution is -2.43. The van der Waals surface area contributed by atoms with Crippen LogP contribution < -0.4 is 10.6 Å². The Kier molecular flexibility index (Phi) is 4.12. The Morgan fingerprint density at radius 1 is 1.44 bits per heavy atom. The SMILES string of the molecule is Cl.O=C(NCC1CC1)C1=NOC2(CCNCC2)C1. The number of oxime groups is 1. The number of carbonyl (C=O) groups is 1. The highest BCUT2D eigenvalue weighted by Gasteiger charge is 2.42. The molecule has 0 unspecified atom stereocenters. The van der Waals surface area contributed by atoms with E-state index in [2.05, 4.69) is 15.8 Å². The van der Waals surface area contributed by atoms with Gasteiger partial charge < -0.3 is 15.5 Å². The fourth-order valence-corrected chi connectivity index (χ4v) is 2.45. The molecular formula is C12H20ClN3O2. The minimum atomic E-state index is -0.197. The van der Waals surface area contributed by atoms with Crippen LogP contribution in [0.1, 0.15) is 32.1 Å². The Morgan fingerprint density at radius 2 is 2.17 bits per heavy atom. The fraction of sp³-hybridized carbons (Fsp3) is 0.833. The number of piperidine rings is 1. The number of rotatable bonds is 3. The molecule has 1 aliphatic carbocycles. The Hall–Kier alpha value is -0.810. The van der Waals surface area contributed by atoms with E-state index in [4.69, 9.17) is 4.84 Å². The zero-order valence-electron chi connectivity index (χ0n) is 10.4. The highest BCUT2D eigenvalue weighted by atomic mass is 35.5. The number of halogens is 1. The molecule has 1 spiro atoms. The molecule has 0 aromatic carbocycles. The van der Waals surface area contributed by atoms with Gasteiger partial charge in [-0.05, 0) is 31.8 Å².